The minimum Gasteiger partial charge on any atom is -0.378 e. The molecule has 0 aromatic heterocycles. The maximum Gasteiger partial charge on any atom is 0.196 e. The van der Waals surface area contributed by atoms with E-state index in [-0.39, 0.29) is 11.6 Å². The maximum absolute atomic E-state index is 6.10. The molecule has 2 aliphatic heterocycles. The highest BCUT2D eigenvalue weighted by atomic mass is 35.5. The van der Waals surface area contributed by atoms with Gasteiger partial charge in [0.2, 0.25) is 0 Å². The van der Waals surface area contributed by atoms with Gasteiger partial charge in [0.1, 0.15) is 0 Å². The third-order valence-electron chi connectivity index (χ3n) is 3.96. The van der Waals surface area contributed by atoms with Crippen LogP contribution in [0.3, 0.4) is 0 Å². The van der Waals surface area contributed by atoms with E-state index < -0.39 is 0 Å². The first-order valence-corrected chi connectivity index (χ1v) is 6.96. The number of aliphatic imine (C=N–C) groups is 1. The molecule has 1 aromatic rings. The van der Waals surface area contributed by atoms with Crippen LogP contribution >= 0.6 is 11.6 Å². The van der Waals surface area contributed by atoms with Gasteiger partial charge >= 0.3 is 0 Å². The van der Waals surface area contributed by atoms with Gasteiger partial charge in [0, 0.05) is 17.3 Å². The Bertz CT molecular complexity index is 502. The molecule has 19 heavy (non-hydrogen) atoms. The maximum atomic E-state index is 6.10. The van der Waals surface area contributed by atoms with Gasteiger partial charge in [0.15, 0.2) is 5.96 Å². The summed E-state index contributed by atoms with van der Waals surface area (Å²) in [7, 11) is 0. The minimum atomic E-state index is -0.0322. The summed E-state index contributed by atoms with van der Waals surface area (Å²) in [5.41, 5.74) is 7.12. The molecule has 2 N–H and O–H groups in total. The van der Waals surface area contributed by atoms with E-state index in [9.17, 15) is 0 Å². The standard InChI is InChI=1S/C14H18ClN3O/c1-10-8-14(6-7-19-10)9-17-13(16)18(14)12-4-2-11(15)3-5-12/h2-5,10H,6-9H2,1H3,(H2,16,17). The molecule has 1 aromatic carbocycles. The number of benzene rings is 1. The molecule has 2 aliphatic rings. The second-order valence-electron chi connectivity index (χ2n) is 5.35. The number of anilines is 1. The van der Waals surface area contributed by atoms with E-state index in [2.05, 4.69) is 16.8 Å². The van der Waals surface area contributed by atoms with Crippen LogP contribution in [0.4, 0.5) is 5.69 Å². The van der Waals surface area contributed by atoms with Crippen LogP contribution in [0.15, 0.2) is 29.3 Å². The summed E-state index contributed by atoms with van der Waals surface area (Å²) in [4.78, 5) is 6.61. The van der Waals surface area contributed by atoms with Crippen molar-refractivity contribution < 1.29 is 4.74 Å². The molecule has 0 radical (unpaired) electrons. The van der Waals surface area contributed by atoms with Crippen LogP contribution in [0.25, 0.3) is 0 Å². The van der Waals surface area contributed by atoms with Gasteiger partial charge in [0.25, 0.3) is 0 Å². The number of nitrogens with two attached hydrogens (primary N) is 1. The molecule has 4 nitrogen and oxygen atoms in total. The van der Waals surface area contributed by atoms with Crippen molar-refractivity contribution in [3.63, 3.8) is 0 Å². The second-order valence-corrected chi connectivity index (χ2v) is 5.78. The zero-order valence-corrected chi connectivity index (χ0v) is 11.7. The lowest BCUT2D eigenvalue weighted by atomic mass is 9.85. The predicted molar refractivity (Wildman–Crippen MR) is 77.8 cm³/mol. The number of nitrogens with zero attached hydrogens (tertiary/aromatic N) is 2. The van der Waals surface area contributed by atoms with Crippen molar-refractivity contribution in [1.29, 1.82) is 0 Å². The topological polar surface area (TPSA) is 50.9 Å². The van der Waals surface area contributed by atoms with Crippen LogP contribution < -0.4 is 10.6 Å². The SMILES string of the molecule is CC1CC2(CCO1)CN=C(N)N2c1ccc(Cl)cc1. The molecule has 0 aliphatic carbocycles. The van der Waals surface area contributed by atoms with E-state index in [0.29, 0.717) is 5.96 Å². The van der Waals surface area contributed by atoms with Gasteiger partial charge in [-0.25, -0.2) is 0 Å². The van der Waals surface area contributed by atoms with Crippen molar-refractivity contribution in [2.75, 3.05) is 18.1 Å². The van der Waals surface area contributed by atoms with E-state index in [1.54, 1.807) is 0 Å². The highest BCUT2D eigenvalue weighted by Crippen LogP contribution is 2.38. The van der Waals surface area contributed by atoms with Crippen molar-refractivity contribution in [3.05, 3.63) is 29.3 Å². The number of halogens is 1. The van der Waals surface area contributed by atoms with E-state index in [1.807, 2.05) is 24.3 Å². The van der Waals surface area contributed by atoms with Crippen LogP contribution in [-0.2, 0) is 4.74 Å². The van der Waals surface area contributed by atoms with Gasteiger partial charge in [-0.15, -0.1) is 0 Å². The van der Waals surface area contributed by atoms with Gasteiger partial charge in [-0.1, -0.05) is 11.6 Å². The lowest BCUT2D eigenvalue weighted by Gasteiger charge is -2.44. The van der Waals surface area contributed by atoms with E-state index >= 15 is 0 Å². The third-order valence-corrected chi connectivity index (χ3v) is 4.21. The summed E-state index contributed by atoms with van der Waals surface area (Å²) in [6, 6.07) is 7.77. The third kappa shape index (κ3) is 2.19. The first-order chi connectivity index (χ1) is 9.11. The first-order valence-electron chi connectivity index (χ1n) is 6.58. The molecule has 0 amide bonds. The summed E-state index contributed by atoms with van der Waals surface area (Å²) in [5.74, 6) is 0.594. The van der Waals surface area contributed by atoms with Crippen LogP contribution in [-0.4, -0.2) is 30.8 Å². The summed E-state index contributed by atoms with van der Waals surface area (Å²) >= 11 is 5.96. The van der Waals surface area contributed by atoms with Crippen LogP contribution in [0.1, 0.15) is 19.8 Å². The average molecular weight is 280 g/mol. The van der Waals surface area contributed by atoms with Crippen molar-refractivity contribution in [2.45, 2.75) is 31.4 Å². The molecular weight excluding hydrogens is 262 g/mol. The zero-order chi connectivity index (χ0) is 13.5. The number of guanidine groups is 1. The molecular formula is C14H18ClN3O. The van der Waals surface area contributed by atoms with Gasteiger partial charge in [-0.3, -0.25) is 4.99 Å². The van der Waals surface area contributed by atoms with Crippen molar-refractivity contribution in [1.82, 2.24) is 0 Å². The fraction of sp³-hybridized carbons (Fsp3) is 0.500. The predicted octanol–water partition coefficient (Wildman–Crippen LogP) is 2.41. The fourth-order valence-electron chi connectivity index (χ4n) is 3.10. The molecule has 3 rings (SSSR count). The van der Waals surface area contributed by atoms with Gasteiger partial charge < -0.3 is 15.4 Å². The fourth-order valence-corrected chi connectivity index (χ4v) is 3.23. The Balaban J connectivity index is 1.96. The van der Waals surface area contributed by atoms with E-state index in [4.69, 9.17) is 22.1 Å². The Labute approximate surface area is 118 Å². The van der Waals surface area contributed by atoms with Crippen molar-refractivity contribution >= 4 is 23.2 Å². The molecule has 0 saturated carbocycles. The van der Waals surface area contributed by atoms with Crippen molar-refractivity contribution in [3.8, 4) is 0 Å². The van der Waals surface area contributed by atoms with Gasteiger partial charge in [0.05, 0.1) is 18.2 Å². The largest absolute Gasteiger partial charge is 0.378 e. The molecule has 1 spiro atoms. The minimum absolute atomic E-state index is 0.0322. The smallest absolute Gasteiger partial charge is 0.196 e. The monoisotopic (exact) mass is 279 g/mol. The molecule has 1 saturated heterocycles. The Morgan fingerprint density at radius 1 is 1.42 bits per heavy atom. The van der Waals surface area contributed by atoms with E-state index in [0.717, 1.165) is 36.7 Å². The second kappa shape index (κ2) is 4.69. The number of rotatable bonds is 1. The molecule has 5 heteroatoms. The number of hydrogen-bond acceptors (Lipinski definition) is 4. The molecule has 1 fully saturated rings. The van der Waals surface area contributed by atoms with Crippen LogP contribution in [0.2, 0.25) is 5.02 Å². The Morgan fingerprint density at radius 3 is 2.84 bits per heavy atom. The molecule has 2 atom stereocenters. The average Bonchev–Trinajstić information content (AvgIpc) is 2.68. The molecule has 102 valence electrons. The van der Waals surface area contributed by atoms with E-state index in [1.165, 1.54) is 0 Å². The molecule has 2 heterocycles. The Morgan fingerprint density at radius 2 is 2.16 bits per heavy atom. The first kappa shape index (κ1) is 12.8. The van der Waals surface area contributed by atoms with Crippen molar-refractivity contribution in [2.24, 2.45) is 10.7 Å². The Kier molecular flexibility index (Phi) is 3.15. The lowest BCUT2D eigenvalue weighted by molar-refractivity contribution is -0.00246. The lowest BCUT2D eigenvalue weighted by Crippen LogP contribution is -2.56. The van der Waals surface area contributed by atoms with Gasteiger partial charge in [-0.05, 0) is 44.0 Å². The summed E-state index contributed by atoms with van der Waals surface area (Å²) < 4.78 is 5.66. The van der Waals surface area contributed by atoms with Crippen LogP contribution in [0, 0.1) is 0 Å². The Hall–Kier alpha value is -1.26. The zero-order valence-electron chi connectivity index (χ0n) is 11.0. The van der Waals surface area contributed by atoms with Crippen LogP contribution in [0.5, 0.6) is 0 Å². The quantitative estimate of drug-likeness (QED) is 0.859. The number of hydrogen-bond donors (Lipinski definition) is 1. The summed E-state index contributed by atoms with van der Waals surface area (Å²) in [6.45, 7) is 3.61. The summed E-state index contributed by atoms with van der Waals surface area (Å²) in [6.07, 6.45) is 2.13. The highest BCUT2D eigenvalue weighted by Gasteiger charge is 2.45. The normalized spacial score (nSPS) is 30.7. The van der Waals surface area contributed by atoms with Gasteiger partial charge in [-0.2, -0.15) is 0 Å². The number of ether oxygens (including phenoxy) is 1. The molecule has 2 unspecified atom stereocenters. The molecule has 0 bridgehead atoms. The highest BCUT2D eigenvalue weighted by molar-refractivity contribution is 6.30. The summed E-state index contributed by atoms with van der Waals surface area (Å²) in [5, 5.41) is 0.729.